The first-order valence-electron chi connectivity index (χ1n) is 4.66. The topological polar surface area (TPSA) is 37.4 Å². The Morgan fingerprint density at radius 1 is 1.31 bits per heavy atom. The fourth-order valence-corrected chi connectivity index (χ4v) is 4.85. The number of sulfone groups is 1. The van der Waals surface area contributed by atoms with Crippen LogP contribution in [0.2, 0.25) is 19.6 Å². The molecule has 1 fully saturated rings. The van der Waals surface area contributed by atoms with E-state index in [2.05, 4.69) is 31.3 Å². The first-order chi connectivity index (χ1) is 5.72. The summed E-state index contributed by atoms with van der Waals surface area (Å²) in [6.45, 7) is 6.74. The number of rotatable bonds is 2. The van der Waals surface area contributed by atoms with Crippen molar-refractivity contribution in [2.24, 2.45) is 0 Å². The molecule has 0 amide bonds. The Morgan fingerprint density at radius 2 is 1.85 bits per heavy atom. The van der Waals surface area contributed by atoms with Crippen LogP contribution in [0.25, 0.3) is 0 Å². The molecule has 0 N–H and O–H groups in total. The van der Waals surface area contributed by atoms with Gasteiger partial charge in [0.05, 0.1) is 11.5 Å². The molecule has 1 aliphatic heterocycles. The van der Waals surface area contributed by atoms with E-state index in [1.165, 1.54) is 0 Å². The van der Waals surface area contributed by atoms with Gasteiger partial charge >= 0.3 is 0 Å². The van der Waals surface area contributed by atoms with Crippen LogP contribution in [0.5, 0.6) is 0 Å². The number of nitrogens with zero attached hydrogens (tertiary/aromatic N) is 1. The molecule has 1 saturated heterocycles. The van der Waals surface area contributed by atoms with Crippen LogP contribution in [0.1, 0.15) is 6.42 Å². The maximum atomic E-state index is 11.3. The zero-order valence-electron chi connectivity index (χ0n) is 8.87. The Hall–Kier alpha value is 0.127. The summed E-state index contributed by atoms with van der Waals surface area (Å²) in [5, 5.41) is 0. The van der Waals surface area contributed by atoms with Crippen molar-refractivity contribution < 1.29 is 8.42 Å². The van der Waals surface area contributed by atoms with Crippen molar-refractivity contribution in [1.82, 2.24) is 4.57 Å². The first-order valence-corrected chi connectivity index (χ1v) is 9.92. The third-order valence-electron chi connectivity index (χ3n) is 2.81. The number of hydrogen-bond acceptors (Lipinski definition) is 3. The van der Waals surface area contributed by atoms with Crippen LogP contribution in [0.4, 0.5) is 0 Å². The minimum absolute atomic E-state index is 0.275. The lowest BCUT2D eigenvalue weighted by molar-refractivity contribution is 0.400. The highest BCUT2D eigenvalue weighted by atomic mass is 32.2. The molecular weight excluding hydrogens is 202 g/mol. The molecule has 0 unspecified atom stereocenters. The predicted octanol–water partition coefficient (Wildman–Crippen LogP) is 0.940. The molecule has 1 aliphatic rings. The molecule has 0 aromatic heterocycles. The second-order valence-electron chi connectivity index (χ2n) is 4.84. The third-order valence-corrected chi connectivity index (χ3v) is 7.05. The fraction of sp³-hybridized carbons (Fsp3) is 1.00. The summed E-state index contributed by atoms with van der Waals surface area (Å²) < 4.78 is 24.8. The van der Waals surface area contributed by atoms with Gasteiger partial charge in [-0.1, -0.05) is 19.6 Å². The lowest BCUT2D eigenvalue weighted by Gasteiger charge is -2.34. The van der Waals surface area contributed by atoms with Gasteiger partial charge in [-0.2, -0.15) is 0 Å². The van der Waals surface area contributed by atoms with Crippen molar-refractivity contribution in [2.75, 3.05) is 18.6 Å². The van der Waals surface area contributed by atoms with Crippen LogP contribution in [-0.4, -0.2) is 45.8 Å². The maximum Gasteiger partial charge on any atom is 0.151 e. The van der Waals surface area contributed by atoms with Crippen LogP contribution in [0.15, 0.2) is 0 Å². The highest BCUT2D eigenvalue weighted by Gasteiger charge is 2.35. The molecule has 3 nitrogen and oxygen atoms in total. The largest absolute Gasteiger partial charge is 0.323 e. The van der Waals surface area contributed by atoms with Crippen LogP contribution in [0, 0.1) is 0 Å². The van der Waals surface area contributed by atoms with Gasteiger partial charge in [0.15, 0.2) is 9.84 Å². The molecule has 0 spiro atoms. The summed E-state index contributed by atoms with van der Waals surface area (Å²) >= 11 is 0. The quantitative estimate of drug-likeness (QED) is 0.651. The molecule has 78 valence electrons. The molecule has 0 saturated carbocycles. The Labute approximate surface area is 82.1 Å². The van der Waals surface area contributed by atoms with Crippen molar-refractivity contribution in [3.05, 3.63) is 0 Å². The van der Waals surface area contributed by atoms with E-state index in [0.29, 0.717) is 11.5 Å². The van der Waals surface area contributed by atoms with Crippen molar-refractivity contribution in [3.8, 4) is 0 Å². The minimum Gasteiger partial charge on any atom is -0.323 e. The number of hydrogen-bond donors (Lipinski definition) is 0. The summed E-state index contributed by atoms with van der Waals surface area (Å²) in [5.41, 5.74) is 0. The van der Waals surface area contributed by atoms with E-state index in [-0.39, 0.29) is 6.04 Å². The molecule has 1 heterocycles. The van der Waals surface area contributed by atoms with E-state index < -0.39 is 18.1 Å². The Morgan fingerprint density at radius 3 is 2.15 bits per heavy atom. The van der Waals surface area contributed by atoms with Gasteiger partial charge in [-0.25, -0.2) is 8.42 Å². The molecule has 1 rings (SSSR count). The van der Waals surface area contributed by atoms with Gasteiger partial charge in [0.1, 0.15) is 8.24 Å². The maximum absolute atomic E-state index is 11.3. The molecule has 0 aromatic rings. The van der Waals surface area contributed by atoms with Gasteiger partial charge in [-0.3, -0.25) is 0 Å². The molecule has 5 heteroatoms. The second-order valence-corrected chi connectivity index (χ2v) is 12.1. The second kappa shape index (κ2) is 3.36. The van der Waals surface area contributed by atoms with Gasteiger partial charge < -0.3 is 4.57 Å². The van der Waals surface area contributed by atoms with E-state index in [9.17, 15) is 8.42 Å². The van der Waals surface area contributed by atoms with E-state index in [0.717, 1.165) is 6.42 Å². The standard InChI is InChI=1S/C8H19NO2SSi/c1-9(13(2,3)4)8-5-6-12(10,11)7-8/h8H,5-7H2,1-4H3/t8-/m0/s1. The average molecular weight is 221 g/mol. The van der Waals surface area contributed by atoms with Crippen LogP contribution >= 0.6 is 0 Å². The molecule has 0 aliphatic carbocycles. The van der Waals surface area contributed by atoms with Crippen LogP contribution in [0.3, 0.4) is 0 Å². The van der Waals surface area contributed by atoms with Gasteiger partial charge in [0.2, 0.25) is 0 Å². The molecule has 13 heavy (non-hydrogen) atoms. The molecule has 0 bridgehead atoms. The summed E-state index contributed by atoms with van der Waals surface area (Å²) in [5.74, 6) is 0.750. The van der Waals surface area contributed by atoms with Crippen molar-refractivity contribution in [3.63, 3.8) is 0 Å². The van der Waals surface area contributed by atoms with Gasteiger partial charge in [-0.15, -0.1) is 0 Å². The summed E-state index contributed by atoms with van der Waals surface area (Å²) in [6.07, 6.45) is 0.823. The van der Waals surface area contributed by atoms with E-state index in [1.807, 2.05) is 0 Å². The Bertz CT molecular complexity index is 281. The highest BCUT2D eigenvalue weighted by Crippen LogP contribution is 2.21. The van der Waals surface area contributed by atoms with E-state index >= 15 is 0 Å². The monoisotopic (exact) mass is 221 g/mol. The highest BCUT2D eigenvalue weighted by molar-refractivity contribution is 7.91. The predicted molar refractivity (Wildman–Crippen MR) is 58.2 cm³/mol. The normalized spacial score (nSPS) is 28.2. The Kier molecular flexibility index (Phi) is 2.90. The summed E-state index contributed by atoms with van der Waals surface area (Å²) in [7, 11) is -1.97. The smallest absolute Gasteiger partial charge is 0.151 e. The SMILES string of the molecule is CN([C@H]1CCS(=O)(=O)C1)[Si](C)(C)C. The van der Waals surface area contributed by atoms with Crippen LogP contribution < -0.4 is 0 Å². The summed E-state index contributed by atoms with van der Waals surface area (Å²) in [6, 6.07) is 0.275. The minimum atomic E-state index is -2.72. The van der Waals surface area contributed by atoms with Gasteiger partial charge in [-0.05, 0) is 13.5 Å². The van der Waals surface area contributed by atoms with E-state index in [4.69, 9.17) is 0 Å². The fourth-order valence-electron chi connectivity index (χ4n) is 1.63. The summed E-state index contributed by atoms with van der Waals surface area (Å²) in [4.78, 5) is 0. The van der Waals surface area contributed by atoms with Crippen molar-refractivity contribution in [1.29, 1.82) is 0 Å². The van der Waals surface area contributed by atoms with Crippen molar-refractivity contribution >= 4 is 18.1 Å². The molecule has 1 atom stereocenters. The Balaban J connectivity index is 2.67. The lowest BCUT2D eigenvalue weighted by atomic mass is 10.3. The molecule has 0 radical (unpaired) electrons. The molecular formula is C8H19NO2SSi. The zero-order valence-corrected chi connectivity index (χ0v) is 10.7. The first kappa shape index (κ1) is 11.2. The lowest BCUT2D eigenvalue weighted by Crippen LogP contribution is -2.49. The average Bonchev–Trinajstić information content (AvgIpc) is 2.26. The third kappa shape index (κ3) is 2.79. The van der Waals surface area contributed by atoms with Crippen LogP contribution in [-0.2, 0) is 9.84 Å². The molecule has 0 aromatic carbocycles. The zero-order chi connectivity index (χ0) is 10.3. The van der Waals surface area contributed by atoms with Crippen molar-refractivity contribution in [2.45, 2.75) is 32.1 Å². The van der Waals surface area contributed by atoms with E-state index in [1.54, 1.807) is 0 Å². The van der Waals surface area contributed by atoms with Gasteiger partial charge in [0, 0.05) is 6.04 Å². The van der Waals surface area contributed by atoms with Gasteiger partial charge in [0.25, 0.3) is 0 Å².